The third-order valence-corrected chi connectivity index (χ3v) is 3.52. The Hall–Kier alpha value is -1.18. The number of rotatable bonds is 6. The Kier molecular flexibility index (Phi) is 5.06. The minimum absolute atomic E-state index is 0.0134. The Balaban J connectivity index is 2.61. The van der Waals surface area contributed by atoms with Crippen LogP contribution in [0.25, 0.3) is 0 Å². The molecule has 0 aromatic heterocycles. The van der Waals surface area contributed by atoms with Gasteiger partial charge in [-0.15, -0.1) is 0 Å². The molecule has 0 bridgehead atoms. The van der Waals surface area contributed by atoms with Crippen molar-refractivity contribution in [3.05, 3.63) is 38.9 Å². The summed E-state index contributed by atoms with van der Waals surface area (Å²) in [5.74, 6) is 0.0134. The number of nitrogens with zero attached hydrogens (tertiary/aromatic N) is 1. The number of sulfone groups is 1. The second kappa shape index (κ2) is 6.12. The summed E-state index contributed by atoms with van der Waals surface area (Å²) in [7, 11) is -3.01. The molecule has 0 saturated carbocycles. The normalized spacial score (nSPS) is 11.4. The van der Waals surface area contributed by atoms with Gasteiger partial charge in [0.2, 0.25) is 0 Å². The smallest absolute Gasteiger partial charge is 0.269 e. The van der Waals surface area contributed by atoms with Crippen molar-refractivity contribution in [3.8, 4) is 0 Å². The highest BCUT2D eigenvalue weighted by Crippen LogP contribution is 2.21. The standard InChI is InChI=1S/C10H13ClN2O4S/c1-18(16,17)5-4-12-7-8-6-9(13(14)15)2-3-10(8)11/h2-3,6,12H,4-5,7H2,1H3. The minimum atomic E-state index is -3.01. The molecule has 0 radical (unpaired) electrons. The third kappa shape index (κ3) is 4.99. The van der Waals surface area contributed by atoms with Crippen LogP contribution in [0.1, 0.15) is 5.56 Å². The Morgan fingerprint density at radius 2 is 2.11 bits per heavy atom. The summed E-state index contributed by atoms with van der Waals surface area (Å²) in [5.41, 5.74) is 0.527. The van der Waals surface area contributed by atoms with Crippen LogP contribution in [0.5, 0.6) is 0 Å². The monoisotopic (exact) mass is 292 g/mol. The van der Waals surface area contributed by atoms with Crippen LogP contribution in [0, 0.1) is 10.1 Å². The van der Waals surface area contributed by atoms with E-state index in [1.807, 2.05) is 0 Å². The molecule has 0 aliphatic rings. The molecule has 1 aromatic carbocycles. The summed E-state index contributed by atoms with van der Waals surface area (Å²) in [6.45, 7) is 0.563. The maximum absolute atomic E-state index is 10.9. The number of non-ortho nitro benzene ring substituents is 1. The molecule has 1 aromatic rings. The molecule has 100 valence electrons. The van der Waals surface area contributed by atoms with Crippen molar-refractivity contribution in [1.82, 2.24) is 5.32 Å². The van der Waals surface area contributed by atoms with E-state index < -0.39 is 14.8 Å². The predicted molar refractivity (Wildman–Crippen MR) is 69.5 cm³/mol. The van der Waals surface area contributed by atoms with Crippen LogP contribution in [0.2, 0.25) is 5.02 Å². The Bertz CT molecular complexity index is 545. The van der Waals surface area contributed by atoms with E-state index in [0.29, 0.717) is 10.6 Å². The van der Waals surface area contributed by atoms with Crippen LogP contribution in [0.4, 0.5) is 5.69 Å². The van der Waals surface area contributed by atoms with Crippen LogP contribution in [-0.4, -0.2) is 31.9 Å². The molecule has 1 rings (SSSR count). The number of nitro benzene ring substituents is 1. The molecule has 0 amide bonds. The van der Waals surface area contributed by atoms with Crippen LogP contribution in [0.3, 0.4) is 0 Å². The largest absolute Gasteiger partial charge is 0.312 e. The maximum Gasteiger partial charge on any atom is 0.269 e. The van der Waals surface area contributed by atoms with Gasteiger partial charge in [0.15, 0.2) is 0 Å². The highest BCUT2D eigenvalue weighted by molar-refractivity contribution is 7.90. The van der Waals surface area contributed by atoms with Gasteiger partial charge in [-0.25, -0.2) is 8.42 Å². The predicted octanol–water partition coefficient (Wildman–Crippen LogP) is 1.38. The van der Waals surface area contributed by atoms with Crippen molar-refractivity contribution in [1.29, 1.82) is 0 Å². The summed E-state index contributed by atoms with van der Waals surface area (Å²) >= 11 is 5.89. The van der Waals surface area contributed by atoms with Crippen molar-refractivity contribution in [2.45, 2.75) is 6.54 Å². The number of hydrogen-bond donors (Lipinski definition) is 1. The number of nitrogens with one attached hydrogen (secondary N) is 1. The first-order chi connectivity index (χ1) is 8.29. The van der Waals surface area contributed by atoms with Gasteiger partial charge < -0.3 is 5.32 Å². The van der Waals surface area contributed by atoms with Gasteiger partial charge in [0.1, 0.15) is 9.84 Å². The quantitative estimate of drug-likeness (QED) is 0.486. The van der Waals surface area contributed by atoms with Crippen LogP contribution >= 0.6 is 11.6 Å². The molecule has 18 heavy (non-hydrogen) atoms. The first-order valence-corrected chi connectivity index (χ1v) is 7.55. The zero-order valence-electron chi connectivity index (χ0n) is 9.72. The summed E-state index contributed by atoms with van der Waals surface area (Å²) in [6.07, 6.45) is 1.15. The van der Waals surface area contributed by atoms with Gasteiger partial charge >= 0.3 is 0 Å². The van der Waals surface area contributed by atoms with Crippen molar-refractivity contribution in [3.63, 3.8) is 0 Å². The van der Waals surface area contributed by atoms with Crippen LogP contribution in [-0.2, 0) is 16.4 Å². The average Bonchev–Trinajstić information content (AvgIpc) is 2.24. The molecule has 0 unspecified atom stereocenters. The van der Waals surface area contributed by atoms with Gasteiger partial charge in [-0.05, 0) is 11.6 Å². The molecule has 0 saturated heterocycles. The molecule has 6 nitrogen and oxygen atoms in total. The summed E-state index contributed by atoms with van der Waals surface area (Å²) in [5, 5.41) is 13.9. The molecule has 0 heterocycles. The fourth-order valence-corrected chi connectivity index (χ4v) is 1.99. The molecule has 0 aliphatic carbocycles. The number of nitro groups is 1. The third-order valence-electron chi connectivity index (χ3n) is 2.21. The summed E-state index contributed by atoms with van der Waals surface area (Å²) in [4.78, 5) is 10.1. The number of halogens is 1. The lowest BCUT2D eigenvalue weighted by molar-refractivity contribution is -0.384. The van der Waals surface area contributed by atoms with Crippen LogP contribution < -0.4 is 5.32 Å². The van der Waals surface area contributed by atoms with Crippen molar-refractivity contribution < 1.29 is 13.3 Å². The Morgan fingerprint density at radius 3 is 2.67 bits per heavy atom. The molecule has 0 fully saturated rings. The highest BCUT2D eigenvalue weighted by atomic mass is 35.5. The van der Waals surface area contributed by atoms with Crippen molar-refractivity contribution in [2.75, 3.05) is 18.6 Å². The number of benzene rings is 1. The van der Waals surface area contributed by atoms with Crippen molar-refractivity contribution >= 4 is 27.1 Å². The lowest BCUT2D eigenvalue weighted by Gasteiger charge is -2.06. The maximum atomic E-state index is 10.9. The topological polar surface area (TPSA) is 89.3 Å². The molecular formula is C10H13ClN2O4S. The lowest BCUT2D eigenvalue weighted by Crippen LogP contribution is -2.22. The van der Waals surface area contributed by atoms with E-state index in [1.54, 1.807) is 0 Å². The summed E-state index contributed by atoms with van der Waals surface area (Å²) < 4.78 is 21.8. The van der Waals surface area contributed by atoms with E-state index in [-0.39, 0.29) is 24.5 Å². The van der Waals surface area contributed by atoms with E-state index >= 15 is 0 Å². The molecule has 8 heteroatoms. The van der Waals surface area contributed by atoms with Gasteiger partial charge in [0, 0.05) is 36.5 Å². The molecule has 1 N–H and O–H groups in total. The fraction of sp³-hybridized carbons (Fsp3) is 0.400. The van der Waals surface area contributed by atoms with E-state index in [4.69, 9.17) is 11.6 Å². The molecule has 0 aliphatic heterocycles. The van der Waals surface area contributed by atoms with Gasteiger partial charge in [-0.2, -0.15) is 0 Å². The van der Waals surface area contributed by atoms with Crippen LogP contribution in [0.15, 0.2) is 18.2 Å². The molecular weight excluding hydrogens is 280 g/mol. The van der Waals surface area contributed by atoms with E-state index in [0.717, 1.165) is 6.26 Å². The summed E-state index contributed by atoms with van der Waals surface area (Å²) in [6, 6.07) is 4.14. The van der Waals surface area contributed by atoms with Gasteiger partial charge in [0.25, 0.3) is 5.69 Å². The minimum Gasteiger partial charge on any atom is -0.312 e. The van der Waals surface area contributed by atoms with Gasteiger partial charge in [-0.3, -0.25) is 10.1 Å². The molecule has 0 atom stereocenters. The van der Waals surface area contributed by atoms with E-state index in [2.05, 4.69) is 5.32 Å². The zero-order valence-corrected chi connectivity index (χ0v) is 11.3. The van der Waals surface area contributed by atoms with Gasteiger partial charge in [0.05, 0.1) is 10.7 Å². The SMILES string of the molecule is CS(=O)(=O)CCNCc1cc([N+](=O)[O-])ccc1Cl. The van der Waals surface area contributed by atoms with Gasteiger partial charge in [-0.1, -0.05) is 11.6 Å². The molecule has 0 spiro atoms. The fourth-order valence-electron chi connectivity index (χ4n) is 1.29. The highest BCUT2D eigenvalue weighted by Gasteiger charge is 2.09. The first kappa shape index (κ1) is 14.9. The second-order valence-corrected chi connectivity index (χ2v) is 6.51. The van der Waals surface area contributed by atoms with E-state index in [9.17, 15) is 18.5 Å². The lowest BCUT2D eigenvalue weighted by atomic mass is 10.2. The second-order valence-electron chi connectivity index (χ2n) is 3.84. The first-order valence-electron chi connectivity index (χ1n) is 5.11. The average molecular weight is 293 g/mol. The Labute approximate surface area is 110 Å². The van der Waals surface area contributed by atoms with E-state index in [1.165, 1.54) is 18.2 Å². The number of hydrogen-bond acceptors (Lipinski definition) is 5. The Morgan fingerprint density at radius 1 is 1.44 bits per heavy atom. The zero-order chi connectivity index (χ0) is 13.8. The van der Waals surface area contributed by atoms with Crippen molar-refractivity contribution in [2.24, 2.45) is 0 Å².